The van der Waals surface area contributed by atoms with Crippen molar-refractivity contribution in [3.63, 3.8) is 0 Å². The van der Waals surface area contributed by atoms with E-state index in [0.29, 0.717) is 6.54 Å². The summed E-state index contributed by atoms with van der Waals surface area (Å²) in [7, 11) is 1.95. The monoisotopic (exact) mass is 213 g/mol. The number of hydrogen-bond donors (Lipinski definition) is 2. The molecule has 0 amide bonds. The predicted octanol–water partition coefficient (Wildman–Crippen LogP) is 0.969. The maximum absolute atomic E-state index is 8.37. The lowest BCUT2D eigenvalue weighted by Gasteiger charge is -2.14. The molecule has 1 heterocycles. The van der Waals surface area contributed by atoms with E-state index in [1.165, 1.54) is 5.56 Å². The van der Waals surface area contributed by atoms with E-state index in [-0.39, 0.29) is 5.84 Å². The zero-order chi connectivity index (χ0) is 10.4. The number of amidine groups is 1. The van der Waals surface area contributed by atoms with E-state index in [1.54, 1.807) is 11.3 Å². The van der Waals surface area contributed by atoms with Crippen LogP contribution in [0.4, 0.5) is 0 Å². The van der Waals surface area contributed by atoms with Gasteiger partial charge in [0.05, 0.1) is 6.54 Å². The number of thiophene rings is 1. The molecule has 4 nitrogen and oxygen atoms in total. The Morgan fingerprint density at radius 2 is 2.50 bits per heavy atom. The number of nitrogens with zero attached hydrogens (tertiary/aromatic N) is 2. The maximum Gasteiger partial charge on any atom is 0.153 e. The Morgan fingerprint density at radius 1 is 1.71 bits per heavy atom. The second-order valence-electron chi connectivity index (χ2n) is 3.21. The van der Waals surface area contributed by atoms with Gasteiger partial charge in [0.15, 0.2) is 5.84 Å². The van der Waals surface area contributed by atoms with Crippen LogP contribution < -0.4 is 5.73 Å². The molecule has 0 unspecified atom stereocenters. The van der Waals surface area contributed by atoms with Gasteiger partial charge in [-0.3, -0.25) is 4.90 Å². The van der Waals surface area contributed by atoms with Crippen molar-refractivity contribution in [3.05, 3.63) is 22.4 Å². The molecule has 1 rings (SSSR count). The fourth-order valence-corrected chi connectivity index (χ4v) is 1.85. The van der Waals surface area contributed by atoms with E-state index in [1.807, 2.05) is 11.9 Å². The van der Waals surface area contributed by atoms with Crippen LogP contribution in [-0.4, -0.2) is 36.1 Å². The number of likely N-dealkylation sites (N-methyl/N-ethyl adjacent to an activating group) is 1. The molecule has 0 bridgehead atoms. The summed E-state index contributed by atoms with van der Waals surface area (Å²) in [6, 6.07) is 2.11. The van der Waals surface area contributed by atoms with Crippen LogP contribution in [0, 0.1) is 0 Å². The van der Waals surface area contributed by atoms with Gasteiger partial charge in [-0.1, -0.05) is 5.16 Å². The molecule has 0 aliphatic carbocycles. The Bertz CT molecular complexity index is 284. The zero-order valence-corrected chi connectivity index (χ0v) is 9.00. The highest BCUT2D eigenvalue weighted by molar-refractivity contribution is 7.07. The van der Waals surface area contributed by atoms with Crippen molar-refractivity contribution in [2.75, 3.05) is 20.1 Å². The van der Waals surface area contributed by atoms with Gasteiger partial charge in [-0.2, -0.15) is 11.3 Å². The third kappa shape index (κ3) is 3.76. The third-order valence-corrected chi connectivity index (χ3v) is 2.65. The molecule has 78 valence electrons. The molecule has 1 aromatic rings. The average Bonchev–Trinajstić information content (AvgIpc) is 2.67. The number of oxime groups is 1. The largest absolute Gasteiger partial charge is 0.409 e. The van der Waals surface area contributed by atoms with Crippen LogP contribution in [0.15, 0.2) is 22.0 Å². The third-order valence-electron chi connectivity index (χ3n) is 1.92. The minimum absolute atomic E-state index is 0.248. The average molecular weight is 213 g/mol. The van der Waals surface area contributed by atoms with Crippen LogP contribution in [0.1, 0.15) is 5.56 Å². The molecule has 0 fully saturated rings. The Labute approximate surface area is 87.6 Å². The molecule has 0 atom stereocenters. The summed E-state index contributed by atoms with van der Waals surface area (Å²) >= 11 is 1.70. The van der Waals surface area contributed by atoms with E-state index in [0.717, 1.165) is 13.0 Å². The lowest BCUT2D eigenvalue weighted by atomic mass is 10.2. The van der Waals surface area contributed by atoms with Gasteiger partial charge in [0, 0.05) is 6.54 Å². The van der Waals surface area contributed by atoms with Gasteiger partial charge in [-0.25, -0.2) is 0 Å². The Kier molecular flexibility index (Phi) is 4.42. The SMILES string of the molecule is CN(CCc1ccsc1)CC(N)=NO. The molecular formula is C9H15N3OS. The summed E-state index contributed by atoms with van der Waals surface area (Å²) in [5, 5.41) is 15.5. The molecule has 0 radical (unpaired) electrons. The summed E-state index contributed by atoms with van der Waals surface area (Å²) in [6.45, 7) is 1.41. The molecule has 1 aromatic heterocycles. The van der Waals surface area contributed by atoms with Gasteiger partial charge in [0.2, 0.25) is 0 Å². The van der Waals surface area contributed by atoms with E-state index in [2.05, 4.69) is 22.0 Å². The smallest absolute Gasteiger partial charge is 0.153 e. The first-order valence-corrected chi connectivity index (χ1v) is 5.32. The second-order valence-corrected chi connectivity index (χ2v) is 3.99. The molecule has 0 aliphatic heterocycles. The number of nitrogens with two attached hydrogens (primary N) is 1. The van der Waals surface area contributed by atoms with Crippen molar-refractivity contribution in [3.8, 4) is 0 Å². The van der Waals surface area contributed by atoms with Crippen LogP contribution in [0.3, 0.4) is 0 Å². The molecule has 3 N–H and O–H groups in total. The summed E-state index contributed by atoms with van der Waals surface area (Å²) in [5.41, 5.74) is 6.72. The van der Waals surface area contributed by atoms with Gasteiger partial charge >= 0.3 is 0 Å². The van der Waals surface area contributed by atoms with Crippen molar-refractivity contribution in [2.45, 2.75) is 6.42 Å². The summed E-state index contributed by atoms with van der Waals surface area (Å²) < 4.78 is 0. The molecule has 0 aliphatic rings. The normalized spacial score (nSPS) is 12.3. The van der Waals surface area contributed by atoms with Gasteiger partial charge in [0.25, 0.3) is 0 Å². The van der Waals surface area contributed by atoms with E-state index in [4.69, 9.17) is 10.9 Å². The number of rotatable bonds is 5. The van der Waals surface area contributed by atoms with E-state index >= 15 is 0 Å². The van der Waals surface area contributed by atoms with Crippen molar-refractivity contribution in [2.24, 2.45) is 10.9 Å². The lowest BCUT2D eigenvalue weighted by Crippen LogP contribution is -2.32. The quantitative estimate of drug-likeness (QED) is 0.331. The highest BCUT2D eigenvalue weighted by Crippen LogP contribution is 2.06. The maximum atomic E-state index is 8.37. The van der Waals surface area contributed by atoms with Gasteiger partial charge in [0.1, 0.15) is 0 Å². The minimum Gasteiger partial charge on any atom is -0.409 e. The molecular weight excluding hydrogens is 198 g/mol. The fraction of sp³-hybridized carbons (Fsp3) is 0.444. The molecule has 0 saturated heterocycles. The van der Waals surface area contributed by atoms with Crippen LogP contribution in [0.25, 0.3) is 0 Å². The van der Waals surface area contributed by atoms with Crippen molar-refractivity contribution < 1.29 is 5.21 Å². The van der Waals surface area contributed by atoms with Crippen molar-refractivity contribution in [1.29, 1.82) is 0 Å². The molecule has 0 saturated carbocycles. The fourth-order valence-electron chi connectivity index (χ4n) is 1.14. The Morgan fingerprint density at radius 3 is 3.07 bits per heavy atom. The van der Waals surface area contributed by atoms with Gasteiger partial charge in [-0.15, -0.1) is 0 Å². The molecule has 0 aromatic carbocycles. The van der Waals surface area contributed by atoms with Gasteiger partial charge in [-0.05, 0) is 35.9 Å². The second kappa shape index (κ2) is 5.62. The summed E-state index contributed by atoms with van der Waals surface area (Å²) in [5.74, 6) is 0.248. The Hall–Kier alpha value is -1.07. The molecule has 5 heteroatoms. The summed E-state index contributed by atoms with van der Waals surface area (Å²) in [4.78, 5) is 2.02. The molecule has 0 spiro atoms. The topological polar surface area (TPSA) is 61.8 Å². The summed E-state index contributed by atoms with van der Waals surface area (Å²) in [6.07, 6.45) is 0.999. The first kappa shape index (κ1) is 11.0. The first-order valence-electron chi connectivity index (χ1n) is 4.38. The Balaban J connectivity index is 2.25. The van der Waals surface area contributed by atoms with E-state index < -0.39 is 0 Å². The predicted molar refractivity (Wildman–Crippen MR) is 58.9 cm³/mol. The van der Waals surface area contributed by atoms with E-state index in [9.17, 15) is 0 Å². The lowest BCUT2D eigenvalue weighted by molar-refractivity contribution is 0.310. The van der Waals surface area contributed by atoms with Crippen molar-refractivity contribution >= 4 is 17.2 Å². The molecule has 14 heavy (non-hydrogen) atoms. The highest BCUT2D eigenvalue weighted by atomic mass is 32.1. The first-order chi connectivity index (χ1) is 6.72. The van der Waals surface area contributed by atoms with Crippen LogP contribution in [-0.2, 0) is 6.42 Å². The zero-order valence-electron chi connectivity index (χ0n) is 8.18. The standard InChI is InChI=1S/C9H15N3OS/c1-12(6-9(10)11-13)4-2-8-3-5-14-7-8/h3,5,7,13H,2,4,6H2,1H3,(H2,10,11). The minimum atomic E-state index is 0.248. The number of hydrogen-bond acceptors (Lipinski definition) is 4. The highest BCUT2D eigenvalue weighted by Gasteiger charge is 2.02. The van der Waals surface area contributed by atoms with Crippen molar-refractivity contribution in [1.82, 2.24) is 4.90 Å². The van der Waals surface area contributed by atoms with Gasteiger partial charge < -0.3 is 10.9 Å². The van der Waals surface area contributed by atoms with Crippen LogP contribution in [0.5, 0.6) is 0 Å². The van der Waals surface area contributed by atoms with Crippen LogP contribution in [0.2, 0.25) is 0 Å². The van der Waals surface area contributed by atoms with Crippen LogP contribution >= 0.6 is 11.3 Å².